The fourth-order valence-corrected chi connectivity index (χ4v) is 2.35. The van der Waals surface area contributed by atoms with Gasteiger partial charge in [-0.3, -0.25) is 4.79 Å². The van der Waals surface area contributed by atoms with Gasteiger partial charge in [0.1, 0.15) is 11.5 Å². The molecule has 0 saturated carbocycles. The number of rotatable bonds is 5. The van der Waals surface area contributed by atoms with E-state index in [9.17, 15) is 4.79 Å². The molecule has 0 saturated heterocycles. The maximum absolute atomic E-state index is 12.1. The van der Waals surface area contributed by atoms with Crippen molar-refractivity contribution in [2.45, 2.75) is 33.6 Å². The lowest BCUT2D eigenvalue weighted by Crippen LogP contribution is -2.25. The lowest BCUT2D eigenvalue weighted by molar-refractivity contribution is 0.0951. The van der Waals surface area contributed by atoms with Crippen LogP contribution in [0.5, 0.6) is 0 Å². The molecule has 3 heteroatoms. The van der Waals surface area contributed by atoms with E-state index in [1.54, 1.807) is 0 Å². The molecule has 1 heterocycles. The molecule has 0 aliphatic carbocycles. The first-order valence-corrected chi connectivity index (χ1v) is 6.98. The molecule has 106 valence electrons. The smallest absolute Gasteiger partial charge is 0.255 e. The first-order valence-electron chi connectivity index (χ1n) is 6.98. The fourth-order valence-electron chi connectivity index (χ4n) is 2.35. The summed E-state index contributed by atoms with van der Waals surface area (Å²) in [4.78, 5) is 12.1. The molecule has 0 bridgehead atoms. The monoisotopic (exact) mass is 271 g/mol. The quantitative estimate of drug-likeness (QED) is 0.845. The Morgan fingerprint density at radius 3 is 2.40 bits per heavy atom. The predicted molar refractivity (Wildman–Crippen MR) is 80.0 cm³/mol. The highest BCUT2D eigenvalue weighted by Gasteiger charge is 2.17. The molecule has 2 rings (SSSR count). The van der Waals surface area contributed by atoms with Crippen LogP contribution in [0.15, 0.2) is 34.7 Å². The maximum Gasteiger partial charge on any atom is 0.255 e. The van der Waals surface area contributed by atoms with Crippen LogP contribution in [0.25, 0.3) is 0 Å². The highest BCUT2D eigenvalue weighted by molar-refractivity contribution is 5.96. The third-order valence-corrected chi connectivity index (χ3v) is 3.56. The van der Waals surface area contributed by atoms with Gasteiger partial charge in [-0.2, -0.15) is 0 Å². The third-order valence-electron chi connectivity index (χ3n) is 3.56. The van der Waals surface area contributed by atoms with Gasteiger partial charge in [-0.25, -0.2) is 0 Å². The Morgan fingerprint density at radius 2 is 1.80 bits per heavy atom. The number of hydrogen-bond donors (Lipinski definition) is 1. The molecule has 0 fully saturated rings. The Bertz CT molecular complexity index is 585. The van der Waals surface area contributed by atoms with Crippen LogP contribution in [0.2, 0.25) is 0 Å². The Kier molecular flexibility index (Phi) is 4.61. The molecule has 1 aromatic carbocycles. The van der Waals surface area contributed by atoms with Gasteiger partial charge in [0.15, 0.2) is 0 Å². The summed E-state index contributed by atoms with van der Waals surface area (Å²) < 4.78 is 5.48. The van der Waals surface area contributed by atoms with Crippen molar-refractivity contribution in [1.82, 2.24) is 5.32 Å². The summed E-state index contributed by atoms with van der Waals surface area (Å²) in [6, 6.07) is 10.3. The SMILES string of the molecule is Cc1oc(C)c(C(=O)NCCCc2ccccc2)c1C. The van der Waals surface area contributed by atoms with Gasteiger partial charge in [0.05, 0.1) is 5.56 Å². The summed E-state index contributed by atoms with van der Waals surface area (Å²) in [7, 11) is 0. The highest BCUT2D eigenvalue weighted by atomic mass is 16.3. The van der Waals surface area contributed by atoms with Crippen LogP contribution in [0, 0.1) is 20.8 Å². The standard InChI is InChI=1S/C17H21NO2/c1-12-13(2)20-14(3)16(12)17(19)18-11-7-10-15-8-5-4-6-9-15/h4-6,8-9H,7,10-11H2,1-3H3,(H,18,19). The maximum atomic E-state index is 12.1. The van der Waals surface area contributed by atoms with Gasteiger partial charge in [0, 0.05) is 12.1 Å². The first kappa shape index (κ1) is 14.4. The molecule has 3 nitrogen and oxygen atoms in total. The van der Waals surface area contributed by atoms with Gasteiger partial charge in [-0.15, -0.1) is 0 Å². The topological polar surface area (TPSA) is 42.2 Å². The number of hydrogen-bond acceptors (Lipinski definition) is 2. The molecular weight excluding hydrogens is 250 g/mol. The van der Waals surface area contributed by atoms with E-state index in [0.29, 0.717) is 17.9 Å². The number of amides is 1. The van der Waals surface area contributed by atoms with Crippen LogP contribution >= 0.6 is 0 Å². The van der Waals surface area contributed by atoms with Crippen molar-refractivity contribution in [1.29, 1.82) is 0 Å². The van der Waals surface area contributed by atoms with Gasteiger partial charge >= 0.3 is 0 Å². The summed E-state index contributed by atoms with van der Waals surface area (Å²) >= 11 is 0. The van der Waals surface area contributed by atoms with Gasteiger partial charge in [0.25, 0.3) is 5.91 Å². The van der Waals surface area contributed by atoms with Crippen molar-refractivity contribution in [2.24, 2.45) is 0 Å². The van der Waals surface area contributed by atoms with E-state index in [1.807, 2.05) is 39.0 Å². The Labute approximate surface area is 120 Å². The minimum Gasteiger partial charge on any atom is -0.466 e. The minimum absolute atomic E-state index is 0.0371. The van der Waals surface area contributed by atoms with Gasteiger partial charge in [-0.05, 0) is 39.2 Å². The van der Waals surface area contributed by atoms with E-state index in [4.69, 9.17) is 4.42 Å². The molecular formula is C17H21NO2. The zero-order chi connectivity index (χ0) is 14.5. The Balaban J connectivity index is 1.84. The molecule has 0 aliphatic heterocycles. The second-order valence-electron chi connectivity index (χ2n) is 5.06. The normalized spacial score (nSPS) is 10.6. The second kappa shape index (κ2) is 6.42. The van der Waals surface area contributed by atoms with Crippen LogP contribution in [0.4, 0.5) is 0 Å². The largest absolute Gasteiger partial charge is 0.466 e. The zero-order valence-corrected chi connectivity index (χ0v) is 12.3. The number of furan rings is 1. The van der Waals surface area contributed by atoms with Crippen LogP contribution in [0.3, 0.4) is 0 Å². The lowest BCUT2D eigenvalue weighted by atomic mass is 10.1. The van der Waals surface area contributed by atoms with Crippen LogP contribution in [-0.4, -0.2) is 12.5 Å². The Hall–Kier alpha value is -2.03. The number of carbonyl (C=O) groups is 1. The van der Waals surface area contributed by atoms with Gasteiger partial charge in [-0.1, -0.05) is 30.3 Å². The van der Waals surface area contributed by atoms with E-state index >= 15 is 0 Å². The van der Waals surface area contributed by atoms with E-state index in [2.05, 4.69) is 17.4 Å². The number of benzene rings is 1. The lowest BCUT2D eigenvalue weighted by Gasteiger charge is -2.05. The summed E-state index contributed by atoms with van der Waals surface area (Å²) in [5.74, 6) is 1.47. The predicted octanol–water partition coefficient (Wildman–Crippen LogP) is 3.57. The molecule has 0 unspecified atom stereocenters. The summed E-state index contributed by atoms with van der Waals surface area (Å²) in [6.45, 7) is 6.31. The minimum atomic E-state index is -0.0371. The molecule has 0 aliphatic rings. The number of nitrogens with one attached hydrogen (secondary N) is 1. The second-order valence-corrected chi connectivity index (χ2v) is 5.06. The summed E-state index contributed by atoms with van der Waals surface area (Å²) in [5.41, 5.74) is 2.92. The fraction of sp³-hybridized carbons (Fsp3) is 0.353. The van der Waals surface area contributed by atoms with Gasteiger partial charge < -0.3 is 9.73 Å². The average Bonchev–Trinajstić information content (AvgIpc) is 2.69. The van der Waals surface area contributed by atoms with Crippen LogP contribution in [0.1, 0.15) is 39.4 Å². The van der Waals surface area contributed by atoms with Crippen LogP contribution in [-0.2, 0) is 6.42 Å². The average molecular weight is 271 g/mol. The highest BCUT2D eigenvalue weighted by Crippen LogP contribution is 2.20. The van der Waals surface area contributed by atoms with Gasteiger partial charge in [0.2, 0.25) is 0 Å². The summed E-state index contributed by atoms with van der Waals surface area (Å²) in [5, 5.41) is 2.97. The molecule has 0 atom stereocenters. The zero-order valence-electron chi connectivity index (χ0n) is 12.3. The molecule has 1 aromatic heterocycles. The van der Waals surface area contributed by atoms with Crippen molar-refractivity contribution < 1.29 is 9.21 Å². The first-order chi connectivity index (χ1) is 9.59. The molecule has 1 amide bonds. The van der Waals surface area contributed by atoms with Crippen LogP contribution < -0.4 is 5.32 Å². The van der Waals surface area contributed by atoms with E-state index in [0.717, 1.165) is 24.2 Å². The van der Waals surface area contributed by atoms with Crippen molar-refractivity contribution in [3.8, 4) is 0 Å². The number of carbonyl (C=O) groups excluding carboxylic acids is 1. The Morgan fingerprint density at radius 1 is 1.10 bits per heavy atom. The molecule has 0 radical (unpaired) electrons. The number of aryl methyl sites for hydroxylation is 3. The molecule has 20 heavy (non-hydrogen) atoms. The molecule has 0 spiro atoms. The molecule has 2 aromatic rings. The summed E-state index contributed by atoms with van der Waals surface area (Å²) in [6.07, 6.45) is 1.91. The van der Waals surface area contributed by atoms with Crippen molar-refractivity contribution >= 4 is 5.91 Å². The van der Waals surface area contributed by atoms with E-state index in [-0.39, 0.29) is 5.91 Å². The third kappa shape index (κ3) is 3.29. The van der Waals surface area contributed by atoms with Crippen molar-refractivity contribution in [2.75, 3.05) is 6.54 Å². The van der Waals surface area contributed by atoms with Crippen molar-refractivity contribution in [3.05, 3.63) is 58.5 Å². The molecule has 1 N–H and O–H groups in total. The van der Waals surface area contributed by atoms with Crippen molar-refractivity contribution in [3.63, 3.8) is 0 Å². The van der Waals surface area contributed by atoms with E-state index in [1.165, 1.54) is 5.56 Å². The van der Waals surface area contributed by atoms with E-state index < -0.39 is 0 Å².